The monoisotopic (exact) mass is 380 g/mol. The van der Waals surface area contributed by atoms with Crippen LogP contribution in [-0.4, -0.2) is 10.7 Å². The second-order valence-electron chi connectivity index (χ2n) is 6.19. The molecule has 0 heterocycles. The number of rotatable bonds is 5. The quantitative estimate of drug-likeness (QED) is 0.343. The molecule has 3 aromatic carbocycles. The second kappa shape index (κ2) is 7.60. The van der Waals surface area contributed by atoms with Crippen LogP contribution in [0.1, 0.15) is 27.0 Å². The summed E-state index contributed by atoms with van der Waals surface area (Å²) in [6.45, 7) is 3.65. The van der Waals surface area contributed by atoms with E-state index in [0.717, 1.165) is 11.1 Å². The summed E-state index contributed by atoms with van der Waals surface area (Å²) in [5, 5.41) is 14.6. The molecule has 0 aromatic heterocycles. The maximum atomic E-state index is 12.8. The van der Waals surface area contributed by atoms with Gasteiger partial charge in [-0.3, -0.25) is 14.9 Å². The molecule has 0 atom stereocenters. The lowest BCUT2D eigenvalue weighted by molar-refractivity contribution is -0.384. The van der Waals surface area contributed by atoms with Gasteiger partial charge in [-0.15, -0.1) is 0 Å². The molecule has 0 aliphatic rings. The molecule has 0 saturated heterocycles. The first kappa shape index (κ1) is 18.6. The Morgan fingerprint density at radius 2 is 1.67 bits per heavy atom. The van der Waals surface area contributed by atoms with Crippen molar-refractivity contribution in [3.8, 4) is 0 Å². The van der Waals surface area contributed by atoms with Crippen molar-refractivity contribution in [1.82, 2.24) is 0 Å². The number of nitro groups is 1. The van der Waals surface area contributed by atoms with Crippen molar-refractivity contribution in [2.75, 3.05) is 5.32 Å². The smallest absolute Gasteiger partial charge is 0.292 e. The first-order valence-electron chi connectivity index (χ1n) is 8.29. The predicted molar refractivity (Wildman–Crippen MR) is 107 cm³/mol. The van der Waals surface area contributed by atoms with Crippen LogP contribution in [0.3, 0.4) is 0 Å². The van der Waals surface area contributed by atoms with E-state index in [0.29, 0.717) is 22.5 Å². The summed E-state index contributed by atoms with van der Waals surface area (Å²) >= 11 is 6.34. The molecule has 0 radical (unpaired) electrons. The molecule has 5 nitrogen and oxygen atoms in total. The van der Waals surface area contributed by atoms with Crippen LogP contribution in [0.4, 0.5) is 17.1 Å². The molecule has 0 aliphatic carbocycles. The molecule has 3 aromatic rings. The Morgan fingerprint density at radius 3 is 2.33 bits per heavy atom. The SMILES string of the molecule is Cc1ccccc1C(=O)c1ccc(Nc2c(C)cccc2[N+](=O)[O-])cc1Cl. The summed E-state index contributed by atoms with van der Waals surface area (Å²) in [6, 6.07) is 17.1. The van der Waals surface area contributed by atoms with Gasteiger partial charge in [-0.2, -0.15) is 0 Å². The Hall–Kier alpha value is -3.18. The highest BCUT2D eigenvalue weighted by Gasteiger charge is 2.18. The molecule has 0 aliphatic heterocycles. The predicted octanol–water partition coefficient (Wildman–Crippen LogP) is 5.84. The maximum Gasteiger partial charge on any atom is 0.292 e. The number of halogens is 1. The Bertz CT molecular complexity index is 1050. The fourth-order valence-electron chi connectivity index (χ4n) is 2.86. The highest BCUT2D eigenvalue weighted by atomic mass is 35.5. The van der Waals surface area contributed by atoms with E-state index in [1.165, 1.54) is 6.07 Å². The number of anilines is 2. The normalized spacial score (nSPS) is 10.5. The van der Waals surface area contributed by atoms with Gasteiger partial charge in [-0.25, -0.2) is 0 Å². The number of hydrogen-bond acceptors (Lipinski definition) is 4. The van der Waals surface area contributed by atoms with Crippen LogP contribution in [-0.2, 0) is 0 Å². The summed E-state index contributed by atoms with van der Waals surface area (Å²) in [5.41, 5.74) is 3.53. The van der Waals surface area contributed by atoms with Crippen molar-refractivity contribution in [2.24, 2.45) is 0 Å². The molecule has 0 unspecified atom stereocenters. The van der Waals surface area contributed by atoms with E-state index in [9.17, 15) is 14.9 Å². The molecule has 0 fully saturated rings. The summed E-state index contributed by atoms with van der Waals surface area (Å²) in [4.78, 5) is 23.6. The topological polar surface area (TPSA) is 72.2 Å². The fraction of sp³-hybridized carbons (Fsp3) is 0.0952. The van der Waals surface area contributed by atoms with Crippen LogP contribution < -0.4 is 5.32 Å². The molecule has 1 N–H and O–H groups in total. The Balaban J connectivity index is 1.94. The van der Waals surface area contributed by atoms with E-state index >= 15 is 0 Å². The number of nitro benzene ring substituents is 1. The zero-order chi connectivity index (χ0) is 19.6. The van der Waals surface area contributed by atoms with E-state index in [2.05, 4.69) is 5.32 Å². The number of nitrogens with one attached hydrogen (secondary N) is 1. The van der Waals surface area contributed by atoms with E-state index in [1.54, 1.807) is 49.4 Å². The number of aryl methyl sites for hydroxylation is 2. The maximum absolute atomic E-state index is 12.8. The molecule has 3 rings (SSSR count). The number of ketones is 1. The molecular formula is C21H17ClN2O3. The third-order valence-electron chi connectivity index (χ3n) is 4.32. The molecule has 0 amide bonds. The van der Waals surface area contributed by atoms with E-state index in [-0.39, 0.29) is 16.5 Å². The first-order valence-corrected chi connectivity index (χ1v) is 8.67. The summed E-state index contributed by atoms with van der Waals surface area (Å²) < 4.78 is 0. The average Bonchev–Trinajstić information content (AvgIpc) is 2.63. The van der Waals surface area contributed by atoms with Gasteiger partial charge < -0.3 is 5.32 Å². The third kappa shape index (κ3) is 3.83. The zero-order valence-corrected chi connectivity index (χ0v) is 15.6. The fourth-order valence-corrected chi connectivity index (χ4v) is 3.13. The minimum Gasteiger partial charge on any atom is -0.350 e. The number of nitrogens with zero attached hydrogens (tertiary/aromatic N) is 1. The van der Waals surface area contributed by atoms with Crippen molar-refractivity contribution in [1.29, 1.82) is 0 Å². The Morgan fingerprint density at radius 1 is 0.963 bits per heavy atom. The lowest BCUT2D eigenvalue weighted by atomic mass is 9.99. The van der Waals surface area contributed by atoms with Crippen LogP contribution >= 0.6 is 11.6 Å². The lowest BCUT2D eigenvalue weighted by Gasteiger charge is -2.12. The number of carbonyl (C=O) groups is 1. The average molecular weight is 381 g/mol. The van der Waals surface area contributed by atoms with Gasteiger partial charge in [0, 0.05) is 22.9 Å². The summed E-state index contributed by atoms with van der Waals surface area (Å²) in [7, 11) is 0. The van der Waals surface area contributed by atoms with E-state index in [1.807, 2.05) is 19.1 Å². The molecule has 136 valence electrons. The van der Waals surface area contributed by atoms with E-state index < -0.39 is 4.92 Å². The summed E-state index contributed by atoms with van der Waals surface area (Å²) in [5.74, 6) is -0.161. The second-order valence-corrected chi connectivity index (χ2v) is 6.60. The van der Waals surface area contributed by atoms with Crippen molar-refractivity contribution < 1.29 is 9.72 Å². The van der Waals surface area contributed by atoms with Crippen LogP contribution in [0.25, 0.3) is 0 Å². The molecule has 0 bridgehead atoms. The molecule has 6 heteroatoms. The Labute approximate surface area is 161 Å². The van der Waals surface area contributed by atoms with Crippen molar-refractivity contribution >= 4 is 34.4 Å². The van der Waals surface area contributed by atoms with Crippen LogP contribution in [0.15, 0.2) is 60.7 Å². The van der Waals surface area contributed by atoms with E-state index in [4.69, 9.17) is 11.6 Å². The standard InChI is InChI=1S/C21H17ClN2O3/c1-13-6-3-4-8-16(13)21(25)17-11-10-15(12-18(17)22)23-20-14(2)7-5-9-19(20)24(26)27/h3-12,23H,1-2H3. The Kier molecular flexibility index (Phi) is 5.23. The highest BCUT2D eigenvalue weighted by Crippen LogP contribution is 2.32. The van der Waals surface area contributed by atoms with Crippen LogP contribution in [0.5, 0.6) is 0 Å². The van der Waals surface area contributed by atoms with Crippen molar-refractivity contribution in [3.05, 3.63) is 98.1 Å². The van der Waals surface area contributed by atoms with Gasteiger partial charge >= 0.3 is 0 Å². The highest BCUT2D eigenvalue weighted by molar-refractivity contribution is 6.35. The first-order chi connectivity index (χ1) is 12.9. The molecule has 0 spiro atoms. The largest absolute Gasteiger partial charge is 0.350 e. The van der Waals surface area contributed by atoms with Crippen molar-refractivity contribution in [2.45, 2.75) is 13.8 Å². The van der Waals surface area contributed by atoms with Gasteiger partial charge in [0.2, 0.25) is 0 Å². The van der Waals surface area contributed by atoms with Gasteiger partial charge in [0.1, 0.15) is 5.69 Å². The van der Waals surface area contributed by atoms with Gasteiger partial charge in [-0.05, 0) is 43.2 Å². The third-order valence-corrected chi connectivity index (χ3v) is 4.63. The van der Waals surface area contributed by atoms with Crippen LogP contribution in [0.2, 0.25) is 5.02 Å². The molecule has 27 heavy (non-hydrogen) atoms. The van der Waals surface area contributed by atoms with Gasteiger partial charge in [0.15, 0.2) is 5.78 Å². The van der Waals surface area contributed by atoms with Crippen LogP contribution in [0, 0.1) is 24.0 Å². The zero-order valence-electron chi connectivity index (χ0n) is 14.8. The van der Waals surface area contributed by atoms with Crippen molar-refractivity contribution in [3.63, 3.8) is 0 Å². The van der Waals surface area contributed by atoms with Gasteiger partial charge in [0.05, 0.1) is 9.95 Å². The van der Waals surface area contributed by atoms with Gasteiger partial charge in [0.25, 0.3) is 5.69 Å². The number of benzene rings is 3. The number of carbonyl (C=O) groups excluding carboxylic acids is 1. The minimum absolute atomic E-state index is 0.0221. The van der Waals surface area contributed by atoms with Gasteiger partial charge in [-0.1, -0.05) is 48.0 Å². The molecular weight excluding hydrogens is 364 g/mol. The minimum atomic E-state index is -0.437. The lowest BCUT2D eigenvalue weighted by Crippen LogP contribution is -2.05. The summed E-state index contributed by atoms with van der Waals surface area (Å²) in [6.07, 6.45) is 0. The number of para-hydroxylation sites is 1. The molecule has 0 saturated carbocycles. The number of hydrogen-bond donors (Lipinski definition) is 1.